The fourth-order valence-electron chi connectivity index (χ4n) is 2.55. The monoisotopic (exact) mass is 355 g/mol. The predicted octanol–water partition coefficient (Wildman–Crippen LogP) is 3.81. The Bertz CT molecular complexity index is 901. The van der Waals surface area contributed by atoms with Gasteiger partial charge >= 0.3 is 5.97 Å². The second-order valence-corrected chi connectivity index (χ2v) is 7.40. The van der Waals surface area contributed by atoms with Gasteiger partial charge in [-0.15, -0.1) is 11.3 Å². The van der Waals surface area contributed by atoms with Crippen LogP contribution >= 0.6 is 23.1 Å². The van der Waals surface area contributed by atoms with Crippen molar-refractivity contribution in [1.29, 1.82) is 0 Å². The normalized spacial score (nSPS) is 16.5. The van der Waals surface area contributed by atoms with Crippen LogP contribution < -0.4 is 0 Å². The van der Waals surface area contributed by atoms with E-state index in [9.17, 15) is 9.90 Å². The van der Waals surface area contributed by atoms with Crippen LogP contribution in [0.15, 0.2) is 64.3 Å². The Morgan fingerprint density at radius 1 is 1.21 bits per heavy atom. The Kier molecular flexibility index (Phi) is 3.95. The fraction of sp³-hybridized carbons (Fsp3) is 0.118. The second kappa shape index (κ2) is 6.26. The largest absolute Gasteiger partial charge is 0.481 e. The molecule has 0 amide bonds. The number of nitrogens with zero attached hydrogens (tertiary/aromatic N) is 3. The lowest BCUT2D eigenvalue weighted by molar-refractivity contribution is -0.136. The first-order chi connectivity index (χ1) is 11.7. The van der Waals surface area contributed by atoms with Gasteiger partial charge in [0.15, 0.2) is 5.16 Å². The Labute approximate surface area is 146 Å². The number of aliphatic carboxylic acids is 1. The number of carboxylic acids is 1. The number of rotatable bonds is 4. The standard InChI is InChI=1S/C17H13N3O2S2/c21-15(22)9-14-16(13-7-4-8-23-13)19-20-10-12(18-17(20)24-14)11-5-2-1-3-6-11/h1-8,10,14H,9H2,(H,21,22)/t14-/m0/s1. The molecule has 7 heteroatoms. The van der Waals surface area contributed by atoms with Gasteiger partial charge in [0.1, 0.15) is 0 Å². The molecule has 0 fully saturated rings. The van der Waals surface area contributed by atoms with E-state index in [4.69, 9.17) is 0 Å². The van der Waals surface area contributed by atoms with Gasteiger partial charge in [-0.05, 0) is 11.4 Å². The molecule has 2 aromatic heterocycles. The van der Waals surface area contributed by atoms with Crippen molar-refractivity contribution in [3.63, 3.8) is 0 Å². The maximum atomic E-state index is 11.2. The minimum absolute atomic E-state index is 0.0227. The topological polar surface area (TPSA) is 67.5 Å². The first-order valence-electron chi connectivity index (χ1n) is 7.37. The van der Waals surface area contributed by atoms with E-state index in [2.05, 4.69) is 10.1 Å². The van der Waals surface area contributed by atoms with Crippen molar-refractivity contribution in [1.82, 2.24) is 9.66 Å². The first-order valence-corrected chi connectivity index (χ1v) is 9.12. The van der Waals surface area contributed by atoms with E-state index in [1.165, 1.54) is 11.8 Å². The number of benzene rings is 1. The lowest BCUT2D eigenvalue weighted by Crippen LogP contribution is -2.25. The van der Waals surface area contributed by atoms with Crippen LogP contribution in [-0.2, 0) is 4.79 Å². The third-order valence-corrected chi connectivity index (χ3v) is 5.68. The van der Waals surface area contributed by atoms with Gasteiger partial charge in [0.2, 0.25) is 0 Å². The van der Waals surface area contributed by atoms with Crippen LogP contribution in [0.5, 0.6) is 0 Å². The van der Waals surface area contributed by atoms with Crippen LogP contribution in [-0.4, -0.2) is 31.7 Å². The maximum absolute atomic E-state index is 11.2. The molecule has 5 nitrogen and oxygen atoms in total. The zero-order chi connectivity index (χ0) is 16.5. The van der Waals surface area contributed by atoms with Crippen molar-refractivity contribution in [2.75, 3.05) is 0 Å². The molecular weight excluding hydrogens is 342 g/mol. The molecule has 1 aromatic carbocycles. The van der Waals surface area contributed by atoms with Gasteiger partial charge in [-0.3, -0.25) is 4.79 Å². The van der Waals surface area contributed by atoms with Crippen LogP contribution in [0.4, 0.5) is 0 Å². The summed E-state index contributed by atoms with van der Waals surface area (Å²) in [6, 6.07) is 13.8. The highest BCUT2D eigenvalue weighted by Crippen LogP contribution is 2.35. The molecule has 3 aromatic rings. The van der Waals surface area contributed by atoms with Gasteiger partial charge in [-0.25, -0.2) is 9.66 Å². The Morgan fingerprint density at radius 2 is 2.04 bits per heavy atom. The molecule has 0 saturated heterocycles. The Balaban J connectivity index is 1.76. The van der Waals surface area contributed by atoms with Crippen LogP contribution in [0.3, 0.4) is 0 Å². The number of thioether (sulfide) groups is 1. The van der Waals surface area contributed by atoms with Gasteiger partial charge in [-0.2, -0.15) is 5.10 Å². The van der Waals surface area contributed by atoms with Gasteiger partial charge in [-0.1, -0.05) is 48.2 Å². The summed E-state index contributed by atoms with van der Waals surface area (Å²) in [7, 11) is 0. The molecule has 0 saturated carbocycles. The van der Waals surface area contributed by atoms with Crippen molar-refractivity contribution in [2.24, 2.45) is 5.10 Å². The number of hydrogen-bond acceptors (Lipinski definition) is 5. The first kappa shape index (κ1) is 15.2. The maximum Gasteiger partial charge on any atom is 0.304 e. The number of carbonyl (C=O) groups is 1. The summed E-state index contributed by atoms with van der Waals surface area (Å²) < 4.78 is 1.75. The molecule has 3 heterocycles. The van der Waals surface area contributed by atoms with Gasteiger partial charge < -0.3 is 5.11 Å². The average Bonchev–Trinajstić information content (AvgIpc) is 3.23. The van der Waals surface area contributed by atoms with Crippen LogP contribution in [0.25, 0.3) is 11.3 Å². The van der Waals surface area contributed by atoms with Crippen molar-refractivity contribution >= 4 is 34.8 Å². The number of fused-ring (bicyclic) bond motifs is 1. The number of thiophene rings is 1. The molecule has 1 N–H and O–H groups in total. The highest BCUT2D eigenvalue weighted by Gasteiger charge is 2.29. The lowest BCUT2D eigenvalue weighted by atomic mass is 10.1. The SMILES string of the molecule is O=C(O)C[C@@H]1Sc2nc(-c3ccccc3)cn2N=C1c1cccs1. The smallest absolute Gasteiger partial charge is 0.304 e. The van der Waals surface area contributed by atoms with E-state index >= 15 is 0 Å². The summed E-state index contributed by atoms with van der Waals surface area (Å²) in [4.78, 5) is 16.8. The summed E-state index contributed by atoms with van der Waals surface area (Å²) in [5, 5.41) is 16.3. The highest BCUT2D eigenvalue weighted by atomic mass is 32.2. The van der Waals surface area contributed by atoms with Crippen LogP contribution in [0.1, 0.15) is 11.3 Å². The lowest BCUT2D eigenvalue weighted by Gasteiger charge is -2.20. The van der Waals surface area contributed by atoms with Crippen molar-refractivity contribution in [3.05, 3.63) is 58.9 Å². The minimum Gasteiger partial charge on any atom is -0.481 e. The number of hydrogen-bond donors (Lipinski definition) is 1. The summed E-state index contributed by atoms with van der Waals surface area (Å²) >= 11 is 3.02. The van der Waals surface area contributed by atoms with E-state index in [1.54, 1.807) is 16.0 Å². The van der Waals surface area contributed by atoms with Crippen molar-refractivity contribution in [3.8, 4) is 11.3 Å². The second-order valence-electron chi connectivity index (χ2n) is 5.29. The van der Waals surface area contributed by atoms with E-state index in [1.807, 2.05) is 54.0 Å². The third kappa shape index (κ3) is 2.88. The predicted molar refractivity (Wildman–Crippen MR) is 95.8 cm³/mol. The van der Waals surface area contributed by atoms with E-state index in [0.29, 0.717) is 0 Å². The zero-order valence-electron chi connectivity index (χ0n) is 12.5. The number of carboxylic acid groups (broad SMARTS) is 1. The zero-order valence-corrected chi connectivity index (χ0v) is 14.1. The molecule has 0 spiro atoms. The summed E-state index contributed by atoms with van der Waals surface area (Å²) in [6.07, 6.45) is 1.91. The summed E-state index contributed by atoms with van der Waals surface area (Å²) in [5.41, 5.74) is 2.65. The Hall–Kier alpha value is -2.38. The molecule has 120 valence electrons. The quantitative estimate of drug-likeness (QED) is 0.773. The van der Waals surface area contributed by atoms with Gasteiger partial charge in [0.05, 0.1) is 34.2 Å². The number of aromatic nitrogens is 2. The molecule has 0 bridgehead atoms. The summed E-state index contributed by atoms with van der Waals surface area (Å²) in [5.74, 6) is -0.833. The van der Waals surface area contributed by atoms with Gasteiger partial charge in [0, 0.05) is 5.56 Å². The molecule has 0 aliphatic carbocycles. The minimum atomic E-state index is -0.833. The third-order valence-electron chi connectivity index (χ3n) is 3.63. The Morgan fingerprint density at radius 3 is 2.75 bits per heavy atom. The molecule has 0 radical (unpaired) electrons. The highest BCUT2D eigenvalue weighted by molar-refractivity contribution is 8.00. The molecular formula is C17H13N3O2S2. The average molecular weight is 355 g/mol. The van der Waals surface area contributed by atoms with Crippen LogP contribution in [0.2, 0.25) is 0 Å². The van der Waals surface area contributed by atoms with Crippen molar-refractivity contribution < 1.29 is 9.90 Å². The van der Waals surface area contributed by atoms with E-state index in [-0.39, 0.29) is 11.7 Å². The number of imidazole rings is 1. The molecule has 1 aliphatic heterocycles. The molecule has 4 rings (SSSR count). The van der Waals surface area contributed by atoms with E-state index in [0.717, 1.165) is 27.0 Å². The van der Waals surface area contributed by atoms with Crippen molar-refractivity contribution in [2.45, 2.75) is 16.8 Å². The van der Waals surface area contributed by atoms with Gasteiger partial charge in [0.25, 0.3) is 0 Å². The fourth-order valence-corrected chi connectivity index (χ4v) is 4.50. The molecule has 0 unspecified atom stereocenters. The van der Waals surface area contributed by atoms with Crippen LogP contribution in [0, 0.1) is 0 Å². The molecule has 24 heavy (non-hydrogen) atoms. The molecule has 1 aliphatic rings. The molecule has 1 atom stereocenters. The van der Waals surface area contributed by atoms with E-state index < -0.39 is 5.97 Å². The summed E-state index contributed by atoms with van der Waals surface area (Å²) in [6.45, 7) is 0.